The number of nitrogens with two attached hydrogens (primary N) is 1. The molecule has 0 aliphatic heterocycles. The molecule has 3 aromatic heterocycles. The van der Waals surface area contributed by atoms with Crippen LogP contribution in [-0.4, -0.2) is 19.7 Å². The summed E-state index contributed by atoms with van der Waals surface area (Å²) < 4.78 is 1.81. The van der Waals surface area contributed by atoms with Gasteiger partial charge in [0.15, 0.2) is 5.82 Å². The van der Waals surface area contributed by atoms with Crippen molar-refractivity contribution in [3.63, 3.8) is 0 Å². The number of nitrogen functional groups attached to an aromatic ring is 1. The molecule has 2 N–H and O–H groups in total. The van der Waals surface area contributed by atoms with Crippen molar-refractivity contribution in [1.82, 2.24) is 19.7 Å². The van der Waals surface area contributed by atoms with Crippen molar-refractivity contribution in [3.8, 4) is 0 Å². The van der Waals surface area contributed by atoms with Crippen LogP contribution in [0.5, 0.6) is 0 Å². The maximum atomic E-state index is 5.89. The first kappa shape index (κ1) is 10.2. The second-order valence-corrected chi connectivity index (χ2v) is 4.77. The lowest BCUT2D eigenvalue weighted by molar-refractivity contribution is 0.659. The van der Waals surface area contributed by atoms with Gasteiger partial charge in [0.1, 0.15) is 17.2 Å². The SMILES string of the molecule is Cc1cnn(Cc2nc(N)c3ccsc3n2)c1. The fourth-order valence-corrected chi connectivity index (χ4v) is 2.48. The monoisotopic (exact) mass is 245 g/mol. The molecule has 0 aromatic carbocycles. The maximum Gasteiger partial charge on any atom is 0.153 e. The molecule has 0 spiro atoms. The molecule has 17 heavy (non-hydrogen) atoms. The molecule has 0 radical (unpaired) electrons. The van der Waals surface area contributed by atoms with Gasteiger partial charge in [0.25, 0.3) is 0 Å². The standard InChI is InChI=1S/C11H11N5S/c1-7-4-13-16(5-7)6-9-14-10(12)8-2-3-17-11(8)15-9/h2-5H,6H2,1H3,(H2,12,14,15). The Balaban J connectivity index is 2.00. The summed E-state index contributed by atoms with van der Waals surface area (Å²) >= 11 is 1.57. The highest BCUT2D eigenvalue weighted by Crippen LogP contribution is 2.22. The van der Waals surface area contributed by atoms with E-state index in [0.29, 0.717) is 18.2 Å². The highest BCUT2D eigenvalue weighted by Gasteiger charge is 2.07. The minimum Gasteiger partial charge on any atom is -0.383 e. The fraction of sp³-hybridized carbons (Fsp3) is 0.182. The third-order valence-corrected chi connectivity index (χ3v) is 3.27. The zero-order valence-corrected chi connectivity index (χ0v) is 10.1. The summed E-state index contributed by atoms with van der Waals surface area (Å²) in [4.78, 5) is 9.68. The van der Waals surface area contributed by atoms with Gasteiger partial charge in [-0.25, -0.2) is 9.97 Å². The van der Waals surface area contributed by atoms with E-state index in [9.17, 15) is 0 Å². The zero-order valence-electron chi connectivity index (χ0n) is 9.29. The summed E-state index contributed by atoms with van der Waals surface area (Å²) in [5, 5.41) is 7.10. The Kier molecular flexibility index (Phi) is 2.29. The van der Waals surface area contributed by atoms with Gasteiger partial charge < -0.3 is 5.73 Å². The van der Waals surface area contributed by atoms with Crippen LogP contribution in [0.1, 0.15) is 11.4 Å². The van der Waals surface area contributed by atoms with E-state index in [-0.39, 0.29) is 0 Å². The molecule has 0 aliphatic rings. The lowest BCUT2D eigenvalue weighted by atomic mass is 10.4. The predicted octanol–water partition coefficient (Wildman–Crippen LogP) is 1.83. The third-order valence-electron chi connectivity index (χ3n) is 2.47. The average molecular weight is 245 g/mol. The van der Waals surface area contributed by atoms with Gasteiger partial charge in [0, 0.05) is 6.20 Å². The number of nitrogens with zero attached hydrogens (tertiary/aromatic N) is 4. The van der Waals surface area contributed by atoms with E-state index in [1.54, 1.807) is 11.3 Å². The molecule has 6 heteroatoms. The van der Waals surface area contributed by atoms with Crippen molar-refractivity contribution >= 4 is 27.4 Å². The molecule has 3 rings (SSSR count). The van der Waals surface area contributed by atoms with Crippen LogP contribution in [0.15, 0.2) is 23.8 Å². The summed E-state index contributed by atoms with van der Waals surface area (Å²) in [6.45, 7) is 2.55. The third kappa shape index (κ3) is 1.87. The van der Waals surface area contributed by atoms with Crippen molar-refractivity contribution in [2.45, 2.75) is 13.5 Å². The van der Waals surface area contributed by atoms with Crippen LogP contribution >= 0.6 is 11.3 Å². The van der Waals surface area contributed by atoms with Crippen molar-refractivity contribution in [2.75, 3.05) is 5.73 Å². The molecule has 3 aromatic rings. The molecule has 0 unspecified atom stereocenters. The fourth-order valence-electron chi connectivity index (χ4n) is 1.69. The number of aryl methyl sites for hydroxylation is 1. The predicted molar refractivity (Wildman–Crippen MR) is 67.9 cm³/mol. The first-order valence-electron chi connectivity index (χ1n) is 5.21. The molecule has 5 nitrogen and oxygen atoms in total. The first-order chi connectivity index (χ1) is 8.22. The van der Waals surface area contributed by atoms with Crippen molar-refractivity contribution < 1.29 is 0 Å². The van der Waals surface area contributed by atoms with E-state index in [2.05, 4.69) is 15.1 Å². The van der Waals surface area contributed by atoms with E-state index in [1.807, 2.05) is 35.4 Å². The Bertz CT molecular complexity index is 669. The maximum absolute atomic E-state index is 5.89. The van der Waals surface area contributed by atoms with Crippen molar-refractivity contribution in [3.05, 3.63) is 35.2 Å². The Hall–Kier alpha value is -1.95. The number of rotatable bonds is 2. The van der Waals surface area contributed by atoms with Crippen LogP contribution in [0.4, 0.5) is 5.82 Å². The zero-order chi connectivity index (χ0) is 11.8. The Labute approximate surface area is 102 Å². The topological polar surface area (TPSA) is 69.6 Å². The largest absolute Gasteiger partial charge is 0.383 e. The van der Waals surface area contributed by atoms with E-state index in [0.717, 1.165) is 15.8 Å². The minimum absolute atomic E-state index is 0.537. The smallest absolute Gasteiger partial charge is 0.153 e. The summed E-state index contributed by atoms with van der Waals surface area (Å²) in [7, 11) is 0. The summed E-state index contributed by atoms with van der Waals surface area (Å²) in [5.74, 6) is 1.23. The van der Waals surface area contributed by atoms with Crippen molar-refractivity contribution in [2.24, 2.45) is 0 Å². The molecule has 0 saturated carbocycles. The summed E-state index contributed by atoms with van der Waals surface area (Å²) in [6, 6.07) is 1.94. The summed E-state index contributed by atoms with van der Waals surface area (Å²) in [5.41, 5.74) is 7.01. The van der Waals surface area contributed by atoms with Gasteiger partial charge in [-0.2, -0.15) is 5.10 Å². The molecular formula is C11H11N5S. The Morgan fingerprint density at radius 2 is 2.29 bits per heavy atom. The van der Waals surface area contributed by atoms with Crippen LogP contribution < -0.4 is 5.73 Å². The minimum atomic E-state index is 0.537. The van der Waals surface area contributed by atoms with E-state index >= 15 is 0 Å². The summed E-state index contributed by atoms with van der Waals surface area (Å²) in [6.07, 6.45) is 3.77. The van der Waals surface area contributed by atoms with Crippen LogP contribution in [-0.2, 0) is 6.54 Å². The number of hydrogen-bond donors (Lipinski definition) is 1. The lowest BCUT2D eigenvalue weighted by Crippen LogP contribution is -2.06. The molecule has 0 fully saturated rings. The number of aromatic nitrogens is 4. The van der Waals surface area contributed by atoms with E-state index in [4.69, 9.17) is 5.73 Å². The quantitative estimate of drug-likeness (QED) is 0.747. The van der Waals surface area contributed by atoms with Gasteiger partial charge in [-0.1, -0.05) is 0 Å². The molecule has 0 atom stereocenters. The van der Waals surface area contributed by atoms with Gasteiger partial charge >= 0.3 is 0 Å². The highest BCUT2D eigenvalue weighted by atomic mass is 32.1. The Morgan fingerprint density at radius 1 is 1.41 bits per heavy atom. The molecular weight excluding hydrogens is 234 g/mol. The molecule has 0 saturated heterocycles. The van der Waals surface area contributed by atoms with Gasteiger partial charge in [-0.15, -0.1) is 11.3 Å². The van der Waals surface area contributed by atoms with Gasteiger partial charge in [-0.05, 0) is 23.9 Å². The molecule has 3 heterocycles. The number of thiophene rings is 1. The number of anilines is 1. The van der Waals surface area contributed by atoms with Crippen LogP contribution in [0.2, 0.25) is 0 Å². The van der Waals surface area contributed by atoms with E-state index in [1.165, 1.54) is 0 Å². The second kappa shape index (κ2) is 3.81. The first-order valence-corrected chi connectivity index (χ1v) is 6.09. The Morgan fingerprint density at radius 3 is 3.06 bits per heavy atom. The number of hydrogen-bond acceptors (Lipinski definition) is 5. The van der Waals surface area contributed by atoms with E-state index < -0.39 is 0 Å². The van der Waals surface area contributed by atoms with Crippen molar-refractivity contribution in [1.29, 1.82) is 0 Å². The lowest BCUT2D eigenvalue weighted by Gasteiger charge is -2.02. The highest BCUT2D eigenvalue weighted by molar-refractivity contribution is 7.16. The van der Waals surface area contributed by atoms with Gasteiger partial charge in [0.2, 0.25) is 0 Å². The van der Waals surface area contributed by atoms with Crippen LogP contribution in [0.25, 0.3) is 10.2 Å². The second-order valence-electron chi connectivity index (χ2n) is 3.88. The normalized spacial score (nSPS) is 11.1. The number of fused-ring (bicyclic) bond motifs is 1. The van der Waals surface area contributed by atoms with Gasteiger partial charge in [-0.3, -0.25) is 4.68 Å². The van der Waals surface area contributed by atoms with Crippen LogP contribution in [0.3, 0.4) is 0 Å². The van der Waals surface area contributed by atoms with Gasteiger partial charge in [0.05, 0.1) is 11.6 Å². The van der Waals surface area contributed by atoms with Crippen LogP contribution in [0, 0.1) is 6.92 Å². The molecule has 0 aliphatic carbocycles. The molecule has 0 amide bonds. The molecule has 86 valence electrons. The average Bonchev–Trinajstić information content (AvgIpc) is 2.87. The molecule has 0 bridgehead atoms.